The van der Waals surface area contributed by atoms with Crippen molar-refractivity contribution in [1.29, 1.82) is 0 Å². The normalized spacial score (nSPS) is 19.7. The van der Waals surface area contributed by atoms with E-state index in [4.69, 9.17) is 4.74 Å². The predicted molar refractivity (Wildman–Crippen MR) is 107 cm³/mol. The van der Waals surface area contributed by atoms with E-state index in [-0.39, 0.29) is 29.8 Å². The van der Waals surface area contributed by atoms with Crippen LogP contribution in [0.15, 0.2) is 30.5 Å². The SMILES string of the molecule is CC(C)n1nccc1[C@@H]1OCCC[C@H]1C(=O)NCCc1nc2ccc(F)cc2[nH]1. The molecule has 2 aromatic heterocycles. The molecule has 1 aliphatic rings. The Morgan fingerprint density at radius 2 is 2.28 bits per heavy atom. The minimum atomic E-state index is -0.301. The van der Waals surface area contributed by atoms with E-state index in [0.29, 0.717) is 25.1 Å². The fourth-order valence-corrected chi connectivity index (χ4v) is 3.91. The molecule has 0 aliphatic carbocycles. The van der Waals surface area contributed by atoms with Gasteiger partial charge >= 0.3 is 0 Å². The molecular weight excluding hydrogens is 373 g/mol. The van der Waals surface area contributed by atoms with Crippen LogP contribution in [0.25, 0.3) is 11.0 Å². The zero-order chi connectivity index (χ0) is 20.4. The van der Waals surface area contributed by atoms with Crippen molar-refractivity contribution in [3.63, 3.8) is 0 Å². The fourth-order valence-electron chi connectivity index (χ4n) is 3.91. The Kier molecular flexibility index (Phi) is 5.62. The van der Waals surface area contributed by atoms with E-state index in [1.165, 1.54) is 12.1 Å². The summed E-state index contributed by atoms with van der Waals surface area (Å²) in [6.45, 7) is 5.22. The molecule has 8 heteroatoms. The first-order valence-corrected chi connectivity index (χ1v) is 10.1. The molecule has 0 saturated carbocycles. The number of nitrogens with one attached hydrogen (secondary N) is 2. The average Bonchev–Trinajstić information content (AvgIpc) is 3.34. The first kappa shape index (κ1) is 19.6. The topological polar surface area (TPSA) is 84.8 Å². The number of imidazole rings is 1. The summed E-state index contributed by atoms with van der Waals surface area (Å²) in [5.74, 6) is 0.154. The third-order valence-electron chi connectivity index (χ3n) is 5.29. The number of hydrogen-bond acceptors (Lipinski definition) is 4. The number of aromatic amines is 1. The van der Waals surface area contributed by atoms with Crippen LogP contribution in [-0.2, 0) is 16.0 Å². The van der Waals surface area contributed by atoms with E-state index in [2.05, 4.69) is 34.2 Å². The number of hydrogen-bond donors (Lipinski definition) is 2. The van der Waals surface area contributed by atoms with Gasteiger partial charge in [-0.25, -0.2) is 9.37 Å². The number of ether oxygens (including phenoxy) is 1. The third kappa shape index (κ3) is 4.17. The second kappa shape index (κ2) is 8.32. The number of benzene rings is 1. The highest BCUT2D eigenvalue weighted by molar-refractivity contribution is 5.79. The highest BCUT2D eigenvalue weighted by Crippen LogP contribution is 2.34. The van der Waals surface area contributed by atoms with Crippen LogP contribution in [0.4, 0.5) is 4.39 Å². The molecule has 154 valence electrons. The van der Waals surface area contributed by atoms with Crippen molar-refractivity contribution in [2.45, 2.75) is 45.3 Å². The second-order valence-electron chi connectivity index (χ2n) is 7.72. The van der Waals surface area contributed by atoms with Crippen molar-refractivity contribution in [2.75, 3.05) is 13.2 Å². The molecule has 2 N–H and O–H groups in total. The summed E-state index contributed by atoms with van der Waals surface area (Å²) in [4.78, 5) is 20.4. The number of amides is 1. The molecule has 7 nitrogen and oxygen atoms in total. The van der Waals surface area contributed by atoms with Gasteiger partial charge in [-0.3, -0.25) is 9.48 Å². The number of halogens is 1. The van der Waals surface area contributed by atoms with Crippen LogP contribution in [0.1, 0.15) is 50.4 Å². The van der Waals surface area contributed by atoms with Crippen molar-refractivity contribution < 1.29 is 13.9 Å². The fraction of sp³-hybridized carbons (Fsp3) is 0.476. The van der Waals surface area contributed by atoms with Gasteiger partial charge in [0.25, 0.3) is 0 Å². The van der Waals surface area contributed by atoms with E-state index in [9.17, 15) is 9.18 Å². The zero-order valence-corrected chi connectivity index (χ0v) is 16.7. The Morgan fingerprint density at radius 1 is 1.41 bits per heavy atom. The molecular formula is C21H26FN5O2. The lowest BCUT2D eigenvalue weighted by Gasteiger charge is -2.31. The van der Waals surface area contributed by atoms with Crippen molar-refractivity contribution in [3.8, 4) is 0 Å². The Morgan fingerprint density at radius 3 is 3.10 bits per heavy atom. The van der Waals surface area contributed by atoms with Crippen LogP contribution in [0.2, 0.25) is 0 Å². The summed E-state index contributed by atoms with van der Waals surface area (Å²) in [7, 11) is 0. The summed E-state index contributed by atoms with van der Waals surface area (Å²) in [5.41, 5.74) is 2.32. The van der Waals surface area contributed by atoms with Gasteiger partial charge in [0.1, 0.15) is 17.7 Å². The zero-order valence-electron chi connectivity index (χ0n) is 16.7. The highest BCUT2D eigenvalue weighted by Gasteiger charge is 2.35. The molecule has 3 aromatic rings. The third-order valence-corrected chi connectivity index (χ3v) is 5.29. The Hall–Kier alpha value is -2.74. The summed E-state index contributed by atoms with van der Waals surface area (Å²) in [5, 5.41) is 7.39. The standard InChI is InChI=1S/C21H26FN5O2/c1-13(2)27-18(7-10-24-27)20-15(4-3-11-29-20)21(28)23-9-8-19-25-16-6-5-14(22)12-17(16)26-19/h5-7,10,12-13,15,20H,3-4,8-9,11H2,1-2H3,(H,23,28)(H,25,26)/t15-,20-/m1/s1. The van der Waals surface area contributed by atoms with Gasteiger partial charge in [-0.2, -0.15) is 5.10 Å². The van der Waals surface area contributed by atoms with Crippen molar-refractivity contribution in [2.24, 2.45) is 5.92 Å². The maximum absolute atomic E-state index is 13.3. The lowest BCUT2D eigenvalue weighted by Crippen LogP contribution is -2.39. The number of carbonyl (C=O) groups excluding carboxylic acids is 1. The lowest BCUT2D eigenvalue weighted by molar-refractivity contribution is -0.135. The smallest absolute Gasteiger partial charge is 0.226 e. The van der Waals surface area contributed by atoms with E-state index in [1.54, 1.807) is 12.3 Å². The average molecular weight is 399 g/mol. The van der Waals surface area contributed by atoms with E-state index < -0.39 is 0 Å². The quantitative estimate of drug-likeness (QED) is 0.666. The molecule has 1 aliphatic heterocycles. The molecule has 1 amide bonds. The number of fused-ring (bicyclic) bond motifs is 1. The number of H-pyrrole nitrogens is 1. The minimum absolute atomic E-state index is 0.0200. The Balaban J connectivity index is 1.40. The molecule has 2 atom stereocenters. The van der Waals surface area contributed by atoms with Gasteiger partial charge in [0.05, 0.1) is 22.6 Å². The van der Waals surface area contributed by atoms with Gasteiger partial charge in [0.15, 0.2) is 0 Å². The van der Waals surface area contributed by atoms with Gasteiger partial charge in [0, 0.05) is 31.8 Å². The Labute approximate surface area is 168 Å². The summed E-state index contributed by atoms with van der Waals surface area (Å²) >= 11 is 0. The van der Waals surface area contributed by atoms with Crippen LogP contribution in [0.3, 0.4) is 0 Å². The molecule has 0 unspecified atom stereocenters. The Bertz CT molecular complexity index is 996. The van der Waals surface area contributed by atoms with Gasteiger partial charge in [-0.1, -0.05) is 0 Å². The maximum Gasteiger partial charge on any atom is 0.226 e. The predicted octanol–water partition coefficient (Wildman–Crippen LogP) is 3.31. The number of carbonyl (C=O) groups is 1. The maximum atomic E-state index is 13.3. The molecule has 1 saturated heterocycles. The highest BCUT2D eigenvalue weighted by atomic mass is 19.1. The number of aromatic nitrogens is 4. The van der Waals surface area contributed by atoms with E-state index in [0.717, 1.165) is 29.9 Å². The van der Waals surface area contributed by atoms with Gasteiger partial charge in [-0.15, -0.1) is 0 Å². The summed E-state index contributed by atoms with van der Waals surface area (Å²) in [6.07, 6.45) is 3.66. The van der Waals surface area contributed by atoms with Gasteiger partial charge in [-0.05, 0) is 51.0 Å². The molecule has 1 aromatic carbocycles. The van der Waals surface area contributed by atoms with Gasteiger partial charge in [0.2, 0.25) is 5.91 Å². The second-order valence-corrected chi connectivity index (χ2v) is 7.72. The molecule has 0 bridgehead atoms. The number of rotatable bonds is 6. The molecule has 0 radical (unpaired) electrons. The monoisotopic (exact) mass is 399 g/mol. The molecule has 29 heavy (non-hydrogen) atoms. The van der Waals surface area contributed by atoms with Crippen molar-refractivity contribution in [1.82, 2.24) is 25.1 Å². The van der Waals surface area contributed by atoms with Crippen LogP contribution < -0.4 is 5.32 Å². The first-order valence-electron chi connectivity index (χ1n) is 10.1. The first-order chi connectivity index (χ1) is 14.0. The molecule has 3 heterocycles. The van der Waals surface area contributed by atoms with Crippen LogP contribution in [-0.4, -0.2) is 38.8 Å². The van der Waals surface area contributed by atoms with E-state index >= 15 is 0 Å². The van der Waals surface area contributed by atoms with Crippen molar-refractivity contribution >= 4 is 16.9 Å². The molecule has 1 fully saturated rings. The summed E-state index contributed by atoms with van der Waals surface area (Å²) < 4.78 is 21.2. The number of nitrogens with zero attached hydrogens (tertiary/aromatic N) is 3. The molecule has 0 spiro atoms. The van der Waals surface area contributed by atoms with E-state index in [1.807, 2.05) is 10.7 Å². The van der Waals surface area contributed by atoms with Crippen LogP contribution >= 0.6 is 0 Å². The van der Waals surface area contributed by atoms with Gasteiger partial charge < -0.3 is 15.0 Å². The van der Waals surface area contributed by atoms with Crippen LogP contribution in [0.5, 0.6) is 0 Å². The van der Waals surface area contributed by atoms with Crippen LogP contribution in [0, 0.1) is 11.7 Å². The largest absolute Gasteiger partial charge is 0.371 e. The van der Waals surface area contributed by atoms with Crippen molar-refractivity contribution in [3.05, 3.63) is 47.8 Å². The summed E-state index contributed by atoms with van der Waals surface area (Å²) in [6, 6.07) is 6.59. The molecule has 4 rings (SSSR count). The lowest BCUT2D eigenvalue weighted by atomic mass is 9.91. The minimum Gasteiger partial charge on any atom is -0.371 e.